The average Bonchev–Trinajstić information content (AvgIpc) is 2.68. The Balaban J connectivity index is 1.61. The molecular formula is C25H36O. The second kappa shape index (κ2) is 9.44. The van der Waals surface area contributed by atoms with Crippen LogP contribution in [0, 0.1) is 11.8 Å². The monoisotopic (exact) mass is 352 g/mol. The number of ether oxygens (including phenoxy) is 1. The summed E-state index contributed by atoms with van der Waals surface area (Å²) in [6.45, 7) is 7.75. The van der Waals surface area contributed by atoms with Crippen LogP contribution in [0.1, 0.15) is 83.6 Å². The number of hydrogen-bond acceptors (Lipinski definition) is 1. The van der Waals surface area contributed by atoms with Crippen LogP contribution >= 0.6 is 0 Å². The van der Waals surface area contributed by atoms with Gasteiger partial charge in [-0.2, -0.15) is 0 Å². The van der Waals surface area contributed by atoms with Crippen LogP contribution in [0.2, 0.25) is 0 Å². The second-order valence-electron chi connectivity index (χ2n) is 8.44. The first-order chi connectivity index (χ1) is 12.7. The van der Waals surface area contributed by atoms with E-state index in [4.69, 9.17) is 4.74 Å². The molecule has 0 radical (unpaired) electrons. The quantitative estimate of drug-likeness (QED) is 0.442. The summed E-state index contributed by atoms with van der Waals surface area (Å²) in [5.74, 6) is 3.62. The van der Waals surface area contributed by atoms with E-state index in [0.717, 1.165) is 36.5 Å². The second-order valence-corrected chi connectivity index (χ2v) is 8.44. The maximum atomic E-state index is 5.85. The number of benzene rings is 2. The molecular weight excluding hydrogens is 316 g/mol. The average molecular weight is 353 g/mol. The van der Waals surface area contributed by atoms with Gasteiger partial charge in [-0.25, -0.2) is 0 Å². The Bertz CT molecular complexity index is 682. The third-order valence-corrected chi connectivity index (χ3v) is 6.35. The summed E-state index contributed by atoms with van der Waals surface area (Å²) >= 11 is 0. The zero-order valence-corrected chi connectivity index (χ0v) is 17.0. The molecule has 3 rings (SSSR count). The highest BCUT2D eigenvalue weighted by atomic mass is 16.5. The van der Waals surface area contributed by atoms with Crippen LogP contribution in [0.25, 0.3) is 10.8 Å². The van der Waals surface area contributed by atoms with Gasteiger partial charge in [0.05, 0.1) is 6.61 Å². The molecule has 0 heterocycles. The number of fused-ring (bicyclic) bond motifs is 1. The first kappa shape index (κ1) is 19.3. The zero-order valence-electron chi connectivity index (χ0n) is 17.0. The fourth-order valence-corrected chi connectivity index (χ4v) is 4.39. The maximum absolute atomic E-state index is 5.85. The van der Waals surface area contributed by atoms with Crippen molar-refractivity contribution in [2.75, 3.05) is 6.61 Å². The van der Waals surface area contributed by atoms with Gasteiger partial charge in [0, 0.05) is 0 Å². The molecule has 1 atom stereocenters. The van der Waals surface area contributed by atoms with E-state index in [-0.39, 0.29) is 0 Å². The lowest BCUT2D eigenvalue weighted by atomic mass is 9.75. The third-order valence-electron chi connectivity index (χ3n) is 6.35. The van der Waals surface area contributed by atoms with Crippen molar-refractivity contribution in [2.24, 2.45) is 11.8 Å². The molecule has 2 aromatic carbocycles. The molecule has 1 fully saturated rings. The highest BCUT2D eigenvalue weighted by molar-refractivity contribution is 5.84. The van der Waals surface area contributed by atoms with Crippen molar-refractivity contribution in [1.29, 1.82) is 0 Å². The minimum absolute atomic E-state index is 0.757. The molecule has 1 saturated carbocycles. The maximum Gasteiger partial charge on any atom is 0.119 e. The molecule has 0 bridgehead atoms. The summed E-state index contributed by atoms with van der Waals surface area (Å²) in [4.78, 5) is 0. The molecule has 1 unspecified atom stereocenters. The first-order valence-electron chi connectivity index (χ1n) is 10.9. The summed E-state index contributed by atoms with van der Waals surface area (Å²) in [5.41, 5.74) is 1.54. The van der Waals surface area contributed by atoms with Crippen LogP contribution in [-0.4, -0.2) is 6.61 Å². The van der Waals surface area contributed by atoms with E-state index in [2.05, 4.69) is 57.2 Å². The minimum atomic E-state index is 0.757. The van der Waals surface area contributed by atoms with Gasteiger partial charge in [0.15, 0.2) is 0 Å². The molecule has 0 spiro atoms. The number of rotatable bonds is 8. The smallest absolute Gasteiger partial charge is 0.119 e. The van der Waals surface area contributed by atoms with Gasteiger partial charge in [0.25, 0.3) is 0 Å². The van der Waals surface area contributed by atoms with E-state index in [1.54, 1.807) is 5.56 Å². The molecule has 0 aromatic heterocycles. The molecule has 1 aliphatic rings. The van der Waals surface area contributed by atoms with Crippen LogP contribution in [0.4, 0.5) is 0 Å². The molecule has 26 heavy (non-hydrogen) atoms. The Morgan fingerprint density at radius 3 is 2.42 bits per heavy atom. The van der Waals surface area contributed by atoms with E-state index in [1.165, 1.54) is 55.7 Å². The first-order valence-corrected chi connectivity index (χ1v) is 10.9. The van der Waals surface area contributed by atoms with Gasteiger partial charge >= 0.3 is 0 Å². The van der Waals surface area contributed by atoms with Crippen LogP contribution in [0.15, 0.2) is 36.4 Å². The van der Waals surface area contributed by atoms with Crippen LogP contribution in [0.3, 0.4) is 0 Å². The van der Waals surface area contributed by atoms with Crippen molar-refractivity contribution in [3.8, 4) is 5.75 Å². The van der Waals surface area contributed by atoms with Gasteiger partial charge in [-0.3, -0.25) is 0 Å². The zero-order chi connectivity index (χ0) is 18.4. The van der Waals surface area contributed by atoms with Gasteiger partial charge in [-0.05, 0) is 84.7 Å². The number of unbranched alkanes of at least 4 members (excludes halogenated alkanes) is 1. The highest BCUT2D eigenvalue weighted by Gasteiger charge is 2.23. The van der Waals surface area contributed by atoms with Crippen molar-refractivity contribution in [3.05, 3.63) is 42.0 Å². The largest absolute Gasteiger partial charge is 0.494 e. The van der Waals surface area contributed by atoms with Gasteiger partial charge in [0.1, 0.15) is 5.75 Å². The fourth-order valence-electron chi connectivity index (χ4n) is 4.39. The van der Waals surface area contributed by atoms with Crippen molar-refractivity contribution in [2.45, 2.75) is 78.1 Å². The summed E-state index contributed by atoms with van der Waals surface area (Å²) in [5, 5.41) is 2.65. The third kappa shape index (κ3) is 5.02. The molecule has 1 nitrogen and oxygen atoms in total. The van der Waals surface area contributed by atoms with Gasteiger partial charge in [-0.1, -0.05) is 57.9 Å². The van der Waals surface area contributed by atoms with Crippen molar-refractivity contribution >= 4 is 10.8 Å². The van der Waals surface area contributed by atoms with E-state index in [0.29, 0.717) is 0 Å². The van der Waals surface area contributed by atoms with E-state index >= 15 is 0 Å². The standard InChI is InChI=1S/C25H36O/c1-4-6-15-26-25-14-13-23-17-22(11-12-24(23)18-25)21-9-7-20(8-10-21)16-19(3)5-2/h11-14,17-21H,4-10,15-16H2,1-3H3. The summed E-state index contributed by atoms with van der Waals surface area (Å²) in [6, 6.07) is 13.6. The van der Waals surface area contributed by atoms with Crippen LogP contribution < -0.4 is 4.74 Å². The highest BCUT2D eigenvalue weighted by Crippen LogP contribution is 2.39. The summed E-state index contributed by atoms with van der Waals surface area (Å²) in [7, 11) is 0. The van der Waals surface area contributed by atoms with Gasteiger partial charge < -0.3 is 4.74 Å². The summed E-state index contributed by atoms with van der Waals surface area (Å²) < 4.78 is 5.85. The predicted octanol–water partition coefficient (Wildman–Crippen LogP) is 7.73. The molecule has 1 heteroatoms. The minimum Gasteiger partial charge on any atom is -0.494 e. The fraction of sp³-hybridized carbons (Fsp3) is 0.600. The molecule has 0 N–H and O–H groups in total. The lowest BCUT2D eigenvalue weighted by molar-refractivity contribution is 0.273. The Morgan fingerprint density at radius 2 is 1.69 bits per heavy atom. The SMILES string of the molecule is CCCCOc1ccc2cc(C3CCC(CC(C)CC)CC3)ccc2c1. The Labute approximate surface area is 160 Å². The number of hydrogen-bond donors (Lipinski definition) is 0. The Morgan fingerprint density at radius 1 is 0.962 bits per heavy atom. The molecule has 0 saturated heterocycles. The Hall–Kier alpha value is -1.50. The molecule has 2 aromatic rings. The topological polar surface area (TPSA) is 9.23 Å². The molecule has 1 aliphatic carbocycles. The van der Waals surface area contributed by atoms with Crippen molar-refractivity contribution in [1.82, 2.24) is 0 Å². The van der Waals surface area contributed by atoms with Crippen molar-refractivity contribution in [3.63, 3.8) is 0 Å². The molecule has 0 aliphatic heterocycles. The van der Waals surface area contributed by atoms with Crippen LogP contribution in [0.5, 0.6) is 5.75 Å². The predicted molar refractivity (Wildman–Crippen MR) is 113 cm³/mol. The normalized spacial score (nSPS) is 21.7. The van der Waals surface area contributed by atoms with E-state index in [1.807, 2.05) is 0 Å². The lowest BCUT2D eigenvalue weighted by Crippen LogP contribution is -2.15. The van der Waals surface area contributed by atoms with Crippen LogP contribution in [-0.2, 0) is 0 Å². The van der Waals surface area contributed by atoms with Gasteiger partial charge in [-0.15, -0.1) is 0 Å². The van der Waals surface area contributed by atoms with E-state index in [9.17, 15) is 0 Å². The molecule has 142 valence electrons. The van der Waals surface area contributed by atoms with Gasteiger partial charge in [0.2, 0.25) is 0 Å². The van der Waals surface area contributed by atoms with Crippen molar-refractivity contribution < 1.29 is 4.74 Å². The molecule has 0 amide bonds. The van der Waals surface area contributed by atoms with E-state index < -0.39 is 0 Å². The Kier molecular flexibility index (Phi) is 7.00. The summed E-state index contributed by atoms with van der Waals surface area (Å²) in [6.07, 6.45) is 10.6. The lowest BCUT2D eigenvalue weighted by Gasteiger charge is -2.30.